The molecule has 0 aliphatic rings. The van der Waals surface area contributed by atoms with Crippen LogP contribution in [0.15, 0.2) is 102 Å². The molecule has 4 aromatic rings. The van der Waals surface area contributed by atoms with Crippen molar-refractivity contribution in [1.82, 2.24) is 10.2 Å². The van der Waals surface area contributed by atoms with E-state index in [9.17, 15) is 22.4 Å². The molecule has 0 aliphatic carbocycles. The van der Waals surface area contributed by atoms with Gasteiger partial charge in [-0.1, -0.05) is 77.3 Å². The number of hydrogen-bond donors (Lipinski definition) is 1. The third-order valence-electron chi connectivity index (χ3n) is 7.09. The molecule has 45 heavy (non-hydrogen) atoms. The van der Waals surface area contributed by atoms with Gasteiger partial charge in [-0.2, -0.15) is 0 Å². The van der Waals surface area contributed by atoms with E-state index >= 15 is 0 Å². The van der Waals surface area contributed by atoms with E-state index < -0.39 is 40.2 Å². The molecule has 1 N–H and O–H groups in total. The third kappa shape index (κ3) is 8.63. The van der Waals surface area contributed by atoms with Crippen molar-refractivity contribution in [2.75, 3.05) is 10.8 Å². The van der Waals surface area contributed by atoms with Crippen LogP contribution in [0, 0.1) is 12.7 Å². The molecule has 0 saturated heterocycles. The average Bonchev–Trinajstić information content (AvgIpc) is 2.99. The highest BCUT2D eigenvalue weighted by Crippen LogP contribution is 2.29. The highest BCUT2D eigenvalue weighted by molar-refractivity contribution is 7.92. The SMILES string of the molecule is Cc1ccc(S(=O)(=O)N(CC(=O)N(Cc2c(Cl)cccc2Cl)C(Cc2ccccc2)C(=O)NC(C)C)c2ccc(F)cc2)cc1. The molecule has 0 bridgehead atoms. The first-order chi connectivity index (χ1) is 21.4. The number of nitrogens with zero attached hydrogens (tertiary/aromatic N) is 2. The molecule has 0 spiro atoms. The van der Waals surface area contributed by atoms with Gasteiger partial charge in [-0.15, -0.1) is 0 Å². The number of amides is 2. The zero-order valence-corrected chi connectivity index (χ0v) is 27.4. The van der Waals surface area contributed by atoms with Gasteiger partial charge in [0, 0.05) is 34.6 Å². The predicted octanol–water partition coefficient (Wildman–Crippen LogP) is 6.80. The van der Waals surface area contributed by atoms with Crippen molar-refractivity contribution in [2.24, 2.45) is 0 Å². The fourth-order valence-corrected chi connectivity index (χ4v) is 6.69. The molecule has 0 aliphatic heterocycles. The van der Waals surface area contributed by atoms with E-state index in [1.807, 2.05) is 37.3 Å². The van der Waals surface area contributed by atoms with Crippen molar-refractivity contribution in [3.05, 3.63) is 130 Å². The molecule has 0 aromatic heterocycles. The minimum absolute atomic E-state index is 0.0516. The largest absolute Gasteiger partial charge is 0.352 e. The summed E-state index contributed by atoms with van der Waals surface area (Å²) in [4.78, 5) is 29.5. The summed E-state index contributed by atoms with van der Waals surface area (Å²) >= 11 is 13.0. The van der Waals surface area contributed by atoms with Crippen LogP contribution >= 0.6 is 23.2 Å². The molecule has 1 atom stereocenters. The van der Waals surface area contributed by atoms with Crippen LogP contribution in [0.1, 0.15) is 30.5 Å². The molecule has 11 heteroatoms. The van der Waals surface area contributed by atoms with E-state index in [2.05, 4.69) is 5.32 Å². The summed E-state index contributed by atoms with van der Waals surface area (Å²) < 4.78 is 42.9. The lowest BCUT2D eigenvalue weighted by Gasteiger charge is -2.34. The highest BCUT2D eigenvalue weighted by atomic mass is 35.5. The van der Waals surface area contributed by atoms with Crippen LogP contribution < -0.4 is 9.62 Å². The van der Waals surface area contributed by atoms with E-state index in [0.29, 0.717) is 5.56 Å². The zero-order valence-electron chi connectivity index (χ0n) is 25.1. The van der Waals surface area contributed by atoms with E-state index in [-0.39, 0.29) is 39.6 Å². The van der Waals surface area contributed by atoms with Gasteiger partial charge in [0.15, 0.2) is 0 Å². The van der Waals surface area contributed by atoms with Crippen LogP contribution in [-0.4, -0.2) is 43.8 Å². The summed E-state index contributed by atoms with van der Waals surface area (Å²) in [6, 6.07) is 23.8. The Morgan fingerprint density at radius 1 is 0.844 bits per heavy atom. The third-order valence-corrected chi connectivity index (χ3v) is 9.59. The number of halogens is 3. The lowest BCUT2D eigenvalue weighted by molar-refractivity contribution is -0.140. The standard InChI is InChI=1S/C34H34Cl2FN3O4S/c1-23(2)38-34(42)32(20-25-8-5-4-6-9-25)39(21-29-30(35)10-7-11-31(29)36)33(41)22-40(27-16-14-26(37)15-17-27)45(43,44)28-18-12-24(3)13-19-28/h4-19,23,32H,20-22H2,1-3H3,(H,38,42). The van der Waals surface area contributed by atoms with Crippen LogP contribution in [0.5, 0.6) is 0 Å². The van der Waals surface area contributed by atoms with Crippen molar-refractivity contribution in [3.8, 4) is 0 Å². The van der Waals surface area contributed by atoms with Crippen molar-refractivity contribution in [3.63, 3.8) is 0 Å². The average molecular weight is 671 g/mol. The van der Waals surface area contributed by atoms with Crippen molar-refractivity contribution in [2.45, 2.75) is 50.7 Å². The summed E-state index contributed by atoms with van der Waals surface area (Å²) in [5, 5.41) is 3.46. The van der Waals surface area contributed by atoms with Gasteiger partial charge >= 0.3 is 0 Å². The Hall–Kier alpha value is -3.92. The molecule has 1 unspecified atom stereocenters. The monoisotopic (exact) mass is 669 g/mol. The lowest BCUT2D eigenvalue weighted by Crippen LogP contribution is -2.54. The van der Waals surface area contributed by atoms with Gasteiger partial charge < -0.3 is 10.2 Å². The maximum absolute atomic E-state index is 14.5. The summed E-state index contributed by atoms with van der Waals surface area (Å²) in [6.07, 6.45) is 0.133. The highest BCUT2D eigenvalue weighted by Gasteiger charge is 2.35. The molecule has 236 valence electrons. The minimum atomic E-state index is -4.31. The van der Waals surface area contributed by atoms with Gasteiger partial charge in [0.05, 0.1) is 10.6 Å². The van der Waals surface area contributed by atoms with Crippen LogP contribution in [-0.2, 0) is 32.6 Å². The van der Waals surface area contributed by atoms with Gasteiger partial charge in [0.25, 0.3) is 10.0 Å². The number of anilines is 1. The number of aryl methyl sites for hydroxylation is 1. The molecule has 2 amide bonds. The molecular weight excluding hydrogens is 636 g/mol. The maximum atomic E-state index is 14.5. The number of nitrogens with one attached hydrogen (secondary N) is 1. The number of hydrogen-bond acceptors (Lipinski definition) is 4. The summed E-state index contributed by atoms with van der Waals surface area (Å²) in [7, 11) is -4.31. The first-order valence-electron chi connectivity index (χ1n) is 14.3. The van der Waals surface area contributed by atoms with Crippen LogP contribution in [0.25, 0.3) is 0 Å². The van der Waals surface area contributed by atoms with Gasteiger partial charge in [0.1, 0.15) is 18.4 Å². The lowest BCUT2D eigenvalue weighted by atomic mass is 10.0. The van der Waals surface area contributed by atoms with E-state index in [0.717, 1.165) is 27.6 Å². The second-order valence-corrected chi connectivity index (χ2v) is 13.6. The van der Waals surface area contributed by atoms with Crippen LogP contribution in [0.2, 0.25) is 10.0 Å². The van der Waals surface area contributed by atoms with Crippen LogP contribution in [0.3, 0.4) is 0 Å². The minimum Gasteiger partial charge on any atom is -0.352 e. The normalized spacial score (nSPS) is 12.1. The predicted molar refractivity (Wildman–Crippen MR) is 176 cm³/mol. The van der Waals surface area contributed by atoms with Crippen LogP contribution in [0.4, 0.5) is 10.1 Å². The van der Waals surface area contributed by atoms with Crippen molar-refractivity contribution < 1.29 is 22.4 Å². The molecule has 7 nitrogen and oxygen atoms in total. The van der Waals surface area contributed by atoms with Gasteiger partial charge in [0.2, 0.25) is 11.8 Å². The molecule has 4 rings (SSSR count). The number of rotatable bonds is 12. The first kappa shape index (κ1) is 34.0. The quantitative estimate of drug-likeness (QED) is 0.180. The van der Waals surface area contributed by atoms with Crippen molar-refractivity contribution in [1.29, 1.82) is 0 Å². The van der Waals surface area contributed by atoms with Gasteiger partial charge in [-0.05, 0) is 74.9 Å². The Morgan fingerprint density at radius 3 is 2.02 bits per heavy atom. The Labute approximate surface area is 273 Å². The first-order valence-corrected chi connectivity index (χ1v) is 16.5. The van der Waals surface area contributed by atoms with Gasteiger partial charge in [-0.25, -0.2) is 12.8 Å². The molecule has 0 fully saturated rings. The summed E-state index contributed by atoms with van der Waals surface area (Å²) in [5.74, 6) is -1.69. The number of carbonyl (C=O) groups is 2. The molecular formula is C34H34Cl2FN3O4S. The second-order valence-electron chi connectivity index (χ2n) is 10.9. The smallest absolute Gasteiger partial charge is 0.264 e. The second kappa shape index (κ2) is 14.9. The fraction of sp³-hybridized carbons (Fsp3) is 0.235. The number of carbonyl (C=O) groups excluding carboxylic acids is 2. The topological polar surface area (TPSA) is 86.8 Å². The molecule has 0 saturated carbocycles. The van der Waals surface area contributed by atoms with Crippen molar-refractivity contribution >= 4 is 50.7 Å². The van der Waals surface area contributed by atoms with E-state index in [1.165, 1.54) is 29.2 Å². The van der Waals surface area contributed by atoms with E-state index in [1.54, 1.807) is 44.2 Å². The molecule has 0 heterocycles. The van der Waals surface area contributed by atoms with E-state index in [4.69, 9.17) is 23.2 Å². The fourth-order valence-electron chi connectivity index (χ4n) is 4.76. The van der Waals surface area contributed by atoms with Gasteiger partial charge in [-0.3, -0.25) is 13.9 Å². The Kier molecular flexibility index (Phi) is 11.3. The zero-order chi connectivity index (χ0) is 32.7. The Morgan fingerprint density at radius 2 is 1.44 bits per heavy atom. The Balaban J connectivity index is 1.83. The molecule has 4 aromatic carbocycles. The summed E-state index contributed by atoms with van der Waals surface area (Å²) in [6.45, 7) is 4.56. The summed E-state index contributed by atoms with van der Waals surface area (Å²) in [5.41, 5.74) is 2.11. The molecule has 0 radical (unpaired) electrons. The number of sulfonamides is 1. The maximum Gasteiger partial charge on any atom is 0.264 e. The number of benzene rings is 4. The Bertz CT molecular complexity index is 1720.